The van der Waals surface area contributed by atoms with E-state index in [9.17, 15) is 4.79 Å². The molecule has 1 saturated heterocycles. The molecule has 1 aromatic rings. The number of amides is 1. The van der Waals surface area contributed by atoms with Crippen molar-refractivity contribution >= 4 is 11.6 Å². The first kappa shape index (κ1) is 14.5. The van der Waals surface area contributed by atoms with Crippen LogP contribution < -0.4 is 10.2 Å². The second kappa shape index (κ2) is 5.41. The number of pyridine rings is 1. The molecular weight excluding hydrogens is 262 g/mol. The Balaban J connectivity index is 1.79. The Morgan fingerprint density at radius 3 is 2.81 bits per heavy atom. The van der Waals surface area contributed by atoms with Crippen LogP contribution >= 0.6 is 0 Å². The number of nitrogens with zero attached hydrogens (tertiary/aromatic N) is 2. The normalized spacial score (nSPS) is 21.4. The monoisotopic (exact) mass is 287 g/mol. The predicted octanol–water partition coefficient (Wildman–Crippen LogP) is 2.40. The topological polar surface area (TPSA) is 45.2 Å². The Morgan fingerprint density at radius 2 is 2.10 bits per heavy atom. The van der Waals surface area contributed by atoms with Crippen LogP contribution in [0.1, 0.15) is 44.5 Å². The van der Waals surface area contributed by atoms with Crippen molar-refractivity contribution in [2.75, 3.05) is 24.5 Å². The van der Waals surface area contributed by atoms with Crippen molar-refractivity contribution in [2.24, 2.45) is 5.92 Å². The summed E-state index contributed by atoms with van der Waals surface area (Å²) in [5.74, 6) is 0.795. The molecule has 114 valence electrons. The van der Waals surface area contributed by atoms with Gasteiger partial charge in [0.1, 0.15) is 0 Å². The number of nitrogens with one attached hydrogen (secondary N) is 1. The van der Waals surface area contributed by atoms with Gasteiger partial charge in [0.2, 0.25) is 5.91 Å². The van der Waals surface area contributed by atoms with E-state index in [1.54, 1.807) is 0 Å². The zero-order chi connectivity index (χ0) is 15.0. The Morgan fingerprint density at radius 1 is 1.38 bits per heavy atom. The summed E-state index contributed by atoms with van der Waals surface area (Å²) in [6.45, 7) is 9.20. The van der Waals surface area contributed by atoms with Gasteiger partial charge in [0.25, 0.3) is 0 Å². The van der Waals surface area contributed by atoms with E-state index < -0.39 is 0 Å². The second-order valence-corrected chi connectivity index (χ2v) is 7.08. The van der Waals surface area contributed by atoms with Crippen LogP contribution in [0.2, 0.25) is 0 Å². The average Bonchev–Trinajstić information content (AvgIpc) is 2.72. The van der Waals surface area contributed by atoms with Crippen molar-refractivity contribution in [1.82, 2.24) is 10.3 Å². The predicted molar refractivity (Wildman–Crippen MR) is 84.6 cm³/mol. The first-order chi connectivity index (χ1) is 9.97. The third kappa shape index (κ3) is 2.82. The fourth-order valence-electron chi connectivity index (χ4n) is 3.49. The van der Waals surface area contributed by atoms with Crippen LogP contribution in [0, 0.1) is 12.8 Å². The van der Waals surface area contributed by atoms with E-state index in [-0.39, 0.29) is 11.3 Å². The lowest BCUT2D eigenvalue weighted by Gasteiger charge is -2.25. The summed E-state index contributed by atoms with van der Waals surface area (Å²) in [5.41, 5.74) is 3.06. The van der Waals surface area contributed by atoms with E-state index in [0.717, 1.165) is 49.6 Å². The highest BCUT2D eigenvalue weighted by Crippen LogP contribution is 2.39. The maximum Gasteiger partial charge on any atom is 0.227 e. The van der Waals surface area contributed by atoms with Gasteiger partial charge in [-0.3, -0.25) is 9.78 Å². The molecule has 0 atom stereocenters. The van der Waals surface area contributed by atoms with E-state index in [1.807, 2.05) is 17.9 Å². The van der Waals surface area contributed by atoms with Crippen LogP contribution in [-0.2, 0) is 10.2 Å². The van der Waals surface area contributed by atoms with E-state index >= 15 is 0 Å². The summed E-state index contributed by atoms with van der Waals surface area (Å²) in [5, 5.41) is 3.36. The highest BCUT2D eigenvalue weighted by atomic mass is 16.2. The van der Waals surface area contributed by atoms with Gasteiger partial charge in [-0.2, -0.15) is 0 Å². The summed E-state index contributed by atoms with van der Waals surface area (Å²) < 4.78 is 0. The minimum Gasteiger partial charge on any atom is -0.317 e. The molecule has 21 heavy (non-hydrogen) atoms. The van der Waals surface area contributed by atoms with Gasteiger partial charge >= 0.3 is 0 Å². The number of hydrogen-bond donors (Lipinski definition) is 1. The Hall–Kier alpha value is -1.42. The molecule has 0 radical (unpaired) electrons. The van der Waals surface area contributed by atoms with Crippen LogP contribution in [0.15, 0.2) is 12.1 Å². The first-order valence-corrected chi connectivity index (χ1v) is 7.96. The van der Waals surface area contributed by atoms with Gasteiger partial charge in [0.15, 0.2) is 0 Å². The summed E-state index contributed by atoms with van der Waals surface area (Å²) in [4.78, 5) is 19.4. The van der Waals surface area contributed by atoms with E-state index in [0.29, 0.717) is 12.3 Å². The van der Waals surface area contributed by atoms with Gasteiger partial charge in [0, 0.05) is 24.1 Å². The van der Waals surface area contributed by atoms with Crippen molar-refractivity contribution in [3.8, 4) is 0 Å². The molecule has 4 nitrogen and oxygen atoms in total. The van der Waals surface area contributed by atoms with E-state index in [1.165, 1.54) is 0 Å². The molecule has 2 aliphatic heterocycles. The molecule has 0 aliphatic carbocycles. The van der Waals surface area contributed by atoms with Crippen LogP contribution in [0.25, 0.3) is 0 Å². The molecule has 1 fully saturated rings. The smallest absolute Gasteiger partial charge is 0.227 e. The number of fused-ring (bicyclic) bond motifs is 1. The lowest BCUT2D eigenvalue weighted by atomic mass is 9.91. The molecule has 1 N–H and O–H groups in total. The molecule has 0 unspecified atom stereocenters. The summed E-state index contributed by atoms with van der Waals surface area (Å²) in [7, 11) is 0. The fraction of sp³-hybridized carbons (Fsp3) is 0.647. The number of carbonyl (C=O) groups is 1. The van der Waals surface area contributed by atoms with Gasteiger partial charge in [-0.05, 0) is 50.9 Å². The highest BCUT2D eigenvalue weighted by molar-refractivity contribution is 5.96. The molecule has 0 spiro atoms. The fourth-order valence-corrected chi connectivity index (χ4v) is 3.49. The first-order valence-electron chi connectivity index (χ1n) is 7.96. The number of carbonyl (C=O) groups excluding carboxylic acids is 1. The van der Waals surface area contributed by atoms with Gasteiger partial charge < -0.3 is 10.2 Å². The van der Waals surface area contributed by atoms with Gasteiger partial charge in [0.05, 0.1) is 11.4 Å². The number of anilines is 1. The molecule has 1 amide bonds. The van der Waals surface area contributed by atoms with Crippen molar-refractivity contribution in [3.63, 3.8) is 0 Å². The number of aromatic nitrogens is 1. The highest BCUT2D eigenvalue weighted by Gasteiger charge is 2.39. The summed E-state index contributed by atoms with van der Waals surface area (Å²) in [6, 6.07) is 4.07. The molecule has 1 aromatic heterocycles. The minimum absolute atomic E-state index is 0.0505. The molecule has 0 saturated carbocycles. The molecular formula is C17H25N3O. The SMILES string of the molecule is Cc1ccc2c(n1)C(C)(C)CN2C(=O)CC1CCNCC1. The number of rotatable bonds is 2. The van der Waals surface area contributed by atoms with Crippen molar-refractivity contribution in [1.29, 1.82) is 0 Å². The van der Waals surface area contributed by atoms with E-state index in [2.05, 4.69) is 30.2 Å². The molecule has 3 heterocycles. The minimum atomic E-state index is -0.0505. The van der Waals surface area contributed by atoms with Crippen LogP contribution in [-0.4, -0.2) is 30.5 Å². The van der Waals surface area contributed by atoms with Crippen molar-refractivity contribution in [2.45, 2.75) is 45.4 Å². The molecule has 0 aromatic carbocycles. The zero-order valence-corrected chi connectivity index (χ0v) is 13.3. The number of aryl methyl sites for hydroxylation is 1. The maximum atomic E-state index is 12.7. The lowest BCUT2D eigenvalue weighted by molar-refractivity contribution is -0.119. The second-order valence-electron chi connectivity index (χ2n) is 7.08. The number of hydrogen-bond acceptors (Lipinski definition) is 3. The Bertz CT molecular complexity index is 547. The third-order valence-electron chi connectivity index (χ3n) is 4.72. The zero-order valence-electron chi connectivity index (χ0n) is 13.3. The van der Waals surface area contributed by atoms with E-state index in [4.69, 9.17) is 0 Å². The molecule has 0 bridgehead atoms. The van der Waals surface area contributed by atoms with Crippen molar-refractivity contribution in [3.05, 3.63) is 23.5 Å². The quantitative estimate of drug-likeness (QED) is 0.908. The Kier molecular flexibility index (Phi) is 3.74. The summed E-state index contributed by atoms with van der Waals surface area (Å²) >= 11 is 0. The van der Waals surface area contributed by atoms with Crippen molar-refractivity contribution < 1.29 is 4.79 Å². The number of piperidine rings is 1. The largest absolute Gasteiger partial charge is 0.317 e. The lowest BCUT2D eigenvalue weighted by Crippen LogP contribution is -2.37. The molecule has 4 heteroatoms. The molecule has 3 rings (SSSR count). The average molecular weight is 287 g/mol. The summed E-state index contributed by atoms with van der Waals surface area (Å²) in [6.07, 6.45) is 2.90. The van der Waals surface area contributed by atoms with Gasteiger partial charge in [-0.25, -0.2) is 0 Å². The Labute approximate surface area is 126 Å². The molecule has 2 aliphatic rings. The van der Waals surface area contributed by atoms with Gasteiger partial charge in [-0.1, -0.05) is 13.8 Å². The van der Waals surface area contributed by atoms with Gasteiger partial charge in [-0.15, -0.1) is 0 Å². The maximum absolute atomic E-state index is 12.7. The van der Waals surface area contributed by atoms with Crippen LogP contribution in [0.4, 0.5) is 5.69 Å². The third-order valence-corrected chi connectivity index (χ3v) is 4.72. The standard InChI is InChI=1S/C17H25N3O/c1-12-4-5-14-16(19-12)17(2,3)11-20(14)15(21)10-13-6-8-18-9-7-13/h4-5,13,18H,6-11H2,1-3H3. The van der Waals surface area contributed by atoms with Crippen LogP contribution in [0.5, 0.6) is 0 Å². The van der Waals surface area contributed by atoms with Crippen LogP contribution in [0.3, 0.4) is 0 Å².